The van der Waals surface area contributed by atoms with Crippen LogP contribution in [0.25, 0.3) is 0 Å². The van der Waals surface area contributed by atoms with Crippen molar-refractivity contribution in [2.75, 3.05) is 12.0 Å². The number of aliphatic imine (C=N–C) groups is 2. The third-order valence-electron chi connectivity index (χ3n) is 8.90. The number of rotatable bonds is 3. The highest BCUT2D eigenvalue weighted by Crippen LogP contribution is 2.62. The summed E-state index contributed by atoms with van der Waals surface area (Å²) >= 11 is 0. The number of methoxy groups -OCH3 is 1. The number of nitrogens with zero attached hydrogens (tertiary/aromatic N) is 3. The van der Waals surface area contributed by atoms with Gasteiger partial charge in [0.15, 0.2) is 0 Å². The second-order valence-corrected chi connectivity index (χ2v) is 10.9. The minimum Gasteiger partial charge on any atom is -0.496 e. The Balaban J connectivity index is 1.45. The Kier molecular flexibility index (Phi) is 4.31. The van der Waals surface area contributed by atoms with Gasteiger partial charge in [-0.15, -0.1) is 0 Å². The van der Waals surface area contributed by atoms with E-state index in [0.717, 1.165) is 54.9 Å². The molecule has 7 rings (SSSR count). The lowest BCUT2D eigenvalue weighted by atomic mass is 9.48. The average molecular weight is 422 g/mol. The normalized spacial score (nSPS) is 35.8. The molecule has 6 aliphatic rings. The standard InChI is InChI=1S/C25H35N5O/c1-31-21-6-5-19(30-23(27)28-22(26)29-25(30)7-3-2-4-8-25)12-20(21)24-13-16-9-17(14-24)11-18(10-16)15-24/h5-6,12,16-18H,2-4,7-11,13-15H2,1H3,(H4,26,27,28,29). The SMILES string of the molecule is COc1ccc(N2C(N)=NC(N)=NC23CCCCC3)cc1C12CC3CC(CC(C3)C1)C2. The maximum absolute atomic E-state index is 6.52. The lowest BCUT2D eigenvalue weighted by molar-refractivity contribution is -0.00614. The maximum atomic E-state index is 6.52. The zero-order valence-corrected chi connectivity index (χ0v) is 18.6. The molecule has 1 heterocycles. The molecule has 1 aromatic rings. The lowest BCUT2D eigenvalue weighted by Gasteiger charge is -2.57. The molecule has 4 N–H and O–H groups in total. The van der Waals surface area contributed by atoms with Crippen molar-refractivity contribution in [1.82, 2.24) is 0 Å². The van der Waals surface area contributed by atoms with E-state index >= 15 is 0 Å². The number of guanidine groups is 2. The molecular formula is C25H35N5O. The minimum atomic E-state index is -0.401. The molecule has 1 aromatic carbocycles. The summed E-state index contributed by atoms with van der Waals surface area (Å²) < 4.78 is 5.93. The first-order chi connectivity index (χ1) is 15.0. The van der Waals surface area contributed by atoms with Crippen LogP contribution in [0.3, 0.4) is 0 Å². The average Bonchev–Trinajstić information content (AvgIpc) is 2.72. The second-order valence-electron chi connectivity index (χ2n) is 10.9. The molecule has 0 radical (unpaired) electrons. The first kappa shape index (κ1) is 19.4. The van der Waals surface area contributed by atoms with Gasteiger partial charge in [-0.05, 0) is 106 Å². The van der Waals surface area contributed by atoms with Crippen LogP contribution in [0, 0.1) is 17.8 Å². The molecule has 4 bridgehead atoms. The molecule has 0 atom stereocenters. The van der Waals surface area contributed by atoms with Crippen molar-refractivity contribution in [1.29, 1.82) is 0 Å². The summed E-state index contributed by atoms with van der Waals surface area (Å²) in [6.07, 6.45) is 13.7. The summed E-state index contributed by atoms with van der Waals surface area (Å²) in [4.78, 5) is 11.4. The van der Waals surface area contributed by atoms with Crippen LogP contribution in [0.1, 0.15) is 76.2 Å². The molecule has 5 saturated carbocycles. The van der Waals surface area contributed by atoms with Crippen molar-refractivity contribution < 1.29 is 4.74 Å². The van der Waals surface area contributed by atoms with Crippen LogP contribution in [0.2, 0.25) is 0 Å². The van der Waals surface area contributed by atoms with Crippen LogP contribution < -0.4 is 21.1 Å². The predicted molar refractivity (Wildman–Crippen MR) is 124 cm³/mol. The van der Waals surface area contributed by atoms with Gasteiger partial charge in [0.2, 0.25) is 11.9 Å². The van der Waals surface area contributed by atoms with Crippen LogP contribution in [-0.2, 0) is 5.41 Å². The minimum absolute atomic E-state index is 0.250. The highest BCUT2D eigenvalue weighted by atomic mass is 16.5. The number of ether oxygens (including phenoxy) is 1. The Hall–Kier alpha value is -2.24. The summed E-state index contributed by atoms with van der Waals surface area (Å²) in [5.41, 5.74) is 14.9. The van der Waals surface area contributed by atoms with E-state index in [1.807, 2.05) is 7.11 Å². The van der Waals surface area contributed by atoms with E-state index in [4.69, 9.17) is 21.2 Å². The largest absolute Gasteiger partial charge is 0.496 e. The summed E-state index contributed by atoms with van der Waals surface area (Å²) in [5, 5.41) is 0. The number of hydrogen-bond acceptors (Lipinski definition) is 6. The summed E-state index contributed by atoms with van der Waals surface area (Å²) in [7, 11) is 1.81. The Bertz CT molecular complexity index is 910. The smallest absolute Gasteiger partial charge is 0.220 e. The zero-order valence-electron chi connectivity index (χ0n) is 18.6. The highest BCUT2D eigenvalue weighted by molar-refractivity contribution is 6.05. The van der Waals surface area contributed by atoms with Crippen LogP contribution in [-0.4, -0.2) is 24.7 Å². The number of hydrogen-bond donors (Lipinski definition) is 2. The lowest BCUT2D eigenvalue weighted by Crippen LogP contribution is -2.58. The highest BCUT2D eigenvalue weighted by Gasteiger charge is 2.53. The Morgan fingerprint density at radius 2 is 1.61 bits per heavy atom. The monoisotopic (exact) mass is 421 g/mol. The quantitative estimate of drug-likeness (QED) is 0.763. The van der Waals surface area contributed by atoms with E-state index in [0.29, 0.717) is 11.9 Å². The van der Waals surface area contributed by atoms with Crippen LogP contribution >= 0.6 is 0 Å². The van der Waals surface area contributed by atoms with Gasteiger partial charge in [0, 0.05) is 11.3 Å². The van der Waals surface area contributed by atoms with Crippen LogP contribution in [0.4, 0.5) is 5.69 Å². The van der Waals surface area contributed by atoms with Crippen molar-refractivity contribution in [3.8, 4) is 5.75 Å². The third kappa shape index (κ3) is 2.97. The maximum Gasteiger partial charge on any atom is 0.220 e. The van der Waals surface area contributed by atoms with E-state index in [9.17, 15) is 0 Å². The molecule has 31 heavy (non-hydrogen) atoms. The van der Waals surface area contributed by atoms with Gasteiger partial charge in [0.25, 0.3) is 0 Å². The molecule has 0 unspecified atom stereocenters. The molecule has 6 heteroatoms. The van der Waals surface area contributed by atoms with Crippen LogP contribution in [0.5, 0.6) is 5.75 Å². The van der Waals surface area contributed by atoms with Crippen molar-refractivity contribution >= 4 is 17.6 Å². The fourth-order valence-corrected chi connectivity index (χ4v) is 8.18. The molecule has 0 saturated heterocycles. The van der Waals surface area contributed by atoms with Gasteiger partial charge in [0.05, 0.1) is 7.11 Å². The molecule has 5 aliphatic carbocycles. The first-order valence-corrected chi connectivity index (χ1v) is 12.2. The van der Waals surface area contributed by atoms with Crippen molar-refractivity contribution in [2.24, 2.45) is 39.2 Å². The van der Waals surface area contributed by atoms with Crippen molar-refractivity contribution in [2.45, 2.75) is 81.7 Å². The van der Waals surface area contributed by atoms with E-state index < -0.39 is 5.66 Å². The van der Waals surface area contributed by atoms with Gasteiger partial charge < -0.3 is 16.2 Å². The topological polar surface area (TPSA) is 89.2 Å². The van der Waals surface area contributed by atoms with Gasteiger partial charge in [-0.3, -0.25) is 4.90 Å². The van der Waals surface area contributed by atoms with E-state index in [1.165, 1.54) is 50.5 Å². The van der Waals surface area contributed by atoms with Gasteiger partial charge in [-0.1, -0.05) is 6.42 Å². The zero-order chi connectivity index (χ0) is 21.2. The van der Waals surface area contributed by atoms with E-state index in [1.54, 1.807) is 0 Å². The first-order valence-electron chi connectivity index (χ1n) is 12.2. The fraction of sp³-hybridized carbons (Fsp3) is 0.680. The molecule has 6 nitrogen and oxygen atoms in total. The Morgan fingerprint density at radius 3 is 2.23 bits per heavy atom. The van der Waals surface area contributed by atoms with Gasteiger partial charge >= 0.3 is 0 Å². The van der Waals surface area contributed by atoms with Crippen LogP contribution in [0.15, 0.2) is 28.2 Å². The van der Waals surface area contributed by atoms with Gasteiger partial charge in [-0.25, -0.2) is 4.99 Å². The molecule has 0 amide bonds. The second kappa shape index (κ2) is 6.88. The third-order valence-corrected chi connectivity index (χ3v) is 8.90. The van der Waals surface area contributed by atoms with Crippen molar-refractivity contribution in [3.63, 3.8) is 0 Å². The summed E-state index contributed by atoms with van der Waals surface area (Å²) in [6.45, 7) is 0. The predicted octanol–water partition coefficient (Wildman–Crippen LogP) is 4.27. The molecular weight excluding hydrogens is 386 g/mol. The fourth-order valence-electron chi connectivity index (χ4n) is 8.18. The number of benzene rings is 1. The van der Waals surface area contributed by atoms with E-state index in [-0.39, 0.29) is 5.41 Å². The molecule has 1 aliphatic heterocycles. The number of nitrogens with two attached hydrogens (primary N) is 2. The number of anilines is 1. The molecule has 166 valence electrons. The van der Waals surface area contributed by atoms with E-state index in [2.05, 4.69) is 28.1 Å². The molecule has 1 spiro atoms. The van der Waals surface area contributed by atoms with Gasteiger partial charge in [-0.2, -0.15) is 4.99 Å². The Morgan fingerprint density at radius 1 is 0.968 bits per heavy atom. The molecule has 0 aromatic heterocycles. The Labute approximate surface area is 185 Å². The summed E-state index contributed by atoms with van der Waals surface area (Å²) in [5.74, 6) is 4.46. The summed E-state index contributed by atoms with van der Waals surface area (Å²) in [6, 6.07) is 6.65. The van der Waals surface area contributed by atoms with Crippen molar-refractivity contribution in [3.05, 3.63) is 23.8 Å². The van der Waals surface area contributed by atoms with Gasteiger partial charge in [0.1, 0.15) is 11.4 Å². The molecule has 5 fully saturated rings.